The van der Waals surface area contributed by atoms with E-state index < -0.39 is 0 Å². The number of phenols is 1. The first-order valence-electron chi connectivity index (χ1n) is 10.2. The van der Waals surface area contributed by atoms with Crippen molar-refractivity contribution in [3.63, 3.8) is 0 Å². The predicted octanol–water partition coefficient (Wildman–Crippen LogP) is 1.76. The third-order valence-corrected chi connectivity index (χ3v) is 6.70. The average molecular weight is 380 g/mol. The fourth-order valence-corrected chi connectivity index (χ4v) is 4.92. The van der Waals surface area contributed by atoms with Crippen molar-refractivity contribution in [2.45, 2.75) is 18.9 Å². The van der Waals surface area contributed by atoms with E-state index in [0.717, 1.165) is 43.7 Å². The van der Waals surface area contributed by atoms with Crippen molar-refractivity contribution in [3.05, 3.63) is 30.3 Å². The standard InChI is InChI=1S/C21H28N6O/c1-22-20-18(10-17(24-25-20)16-4-2-3-5-19(16)28)27-8-6-26(7-9-27)15-11-21(12-15)13-23-14-21/h2-5,10,15,23,28H,6-9,11-14H2,1H3,(H,22,25). The lowest BCUT2D eigenvalue weighted by Gasteiger charge is -2.58. The highest BCUT2D eigenvalue weighted by Gasteiger charge is 2.50. The van der Waals surface area contributed by atoms with Gasteiger partial charge in [-0.05, 0) is 36.5 Å². The van der Waals surface area contributed by atoms with Crippen molar-refractivity contribution >= 4 is 11.5 Å². The molecule has 3 heterocycles. The number of aromatic hydroxyl groups is 1. The molecule has 2 aliphatic heterocycles. The maximum absolute atomic E-state index is 10.2. The number of aromatic nitrogens is 2. The summed E-state index contributed by atoms with van der Waals surface area (Å²) in [5, 5.41) is 25.5. The van der Waals surface area contributed by atoms with Gasteiger partial charge < -0.3 is 20.6 Å². The van der Waals surface area contributed by atoms with Crippen LogP contribution in [0.4, 0.5) is 11.5 Å². The molecule has 0 bridgehead atoms. The van der Waals surface area contributed by atoms with Gasteiger partial charge in [0.25, 0.3) is 0 Å². The summed E-state index contributed by atoms with van der Waals surface area (Å²) < 4.78 is 0. The fraction of sp³-hybridized carbons (Fsp3) is 0.524. The first kappa shape index (κ1) is 17.7. The predicted molar refractivity (Wildman–Crippen MR) is 111 cm³/mol. The summed E-state index contributed by atoms with van der Waals surface area (Å²) in [6, 6.07) is 10.1. The van der Waals surface area contributed by atoms with E-state index in [2.05, 4.69) is 30.6 Å². The number of benzene rings is 1. The molecule has 3 aliphatic rings. The molecule has 1 saturated carbocycles. The Bertz CT molecular complexity index is 852. The zero-order valence-corrected chi connectivity index (χ0v) is 16.4. The van der Waals surface area contributed by atoms with E-state index in [9.17, 15) is 5.11 Å². The molecule has 2 aromatic rings. The van der Waals surface area contributed by atoms with Crippen LogP contribution >= 0.6 is 0 Å². The topological polar surface area (TPSA) is 76.6 Å². The van der Waals surface area contributed by atoms with E-state index in [-0.39, 0.29) is 5.75 Å². The molecule has 148 valence electrons. The number of rotatable bonds is 4. The minimum absolute atomic E-state index is 0.231. The Morgan fingerprint density at radius 2 is 1.86 bits per heavy atom. The fourth-order valence-electron chi connectivity index (χ4n) is 4.92. The molecule has 3 N–H and O–H groups in total. The summed E-state index contributed by atoms with van der Waals surface area (Å²) >= 11 is 0. The Morgan fingerprint density at radius 1 is 1.11 bits per heavy atom. The van der Waals surface area contributed by atoms with Crippen LogP contribution in [-0.2, 0) is 0 Å². The van der Waals surface area contributed by atoms with Gasteiger partial charge in [-0.15, -0.1) is 10.2 Å². The molecule has 0 unspecified atom stereocenters. The van der Waals surface area contributed by atoms with E-state index in [4.69, 9.17) is 0 Å². The number of anilines is 2. The molecule has 0 atom stereocenters. The van der Waals surface area contributed by atoms with Gasteiger partial charge >= 0.3 is 0 Å². The van der Waals surface area contributed by atoms with Gasteiger partial charge in [0.2, 0.25) is 0 Å². The zero-order chi connectivity index (χ0) is 19.1. The highest BCUT2D eigenvalue weighted by molar-refractivity contribution is 5.75. The first-order chi connectivity index (χ1) is 13.7. The Kier molecular flexibility index (Phi) is 4.36. The number of nitrogens with zero attached hydrogens (tertiary/aromatic N) is 4. The van der Waals surface area contributed by atoms with E-state index in [1.54, 1.807) is 6.07 Å². The number of nitrogens with one attached hydrogen (secondary N) is 2. The Hall–Kier alpha value is -2.38. The molecule has 0 amide bonds. The Morgan fingerprint density at radius 3 is 2.50 bits per heavy atom. The van der Waals surface area contributed by atoms with Crippen molar-refractivity contribution in [2.75, 3.05) is 56.5 Å². The zero-order valence-electron chi connectivity index (χ0n) is 16.4. The largest absolute Gasteiger partial charge is 0.507 e. The maximum Gasteiger partial charge on any atom is 0.172 e. The molecule has 3 fully saturated rings. The van der Waals surface area contributed by atoms with Gasteiger partial charge in [-0.3, -0.25) is 4.90 Å². The van der Waals surface area contributed by atoms with Gasteiger partial charge in [0, 0.05) is 57.9 Å². The van der Waals surface area contributed by atoms with E-state index in [1.165, 1.54) is 25.9 Å². The summed E-state index contributed by atoms with van der Waals surface area (Å²) in [5.74, 6) is 1.02. The Balaban J connectivity index is 1.30. The molecule has 1 aliphatic carbocycles. The van der Waals surface area contributed by atoms with Crippen molar-refractivity contribution in [2.24, 2.45) is 5.41 Å². The summed E-state index contributed by atoms with van der Waals surface area (Å²) in [4.78, 5) is 5.05. The van der Waals surface area contributed by atoms with Gasteiger partial charge in [-0.1, -0.05) is 12.1 Å². The lowest BCUT2D eigenvalue weighted by molar-refractivity contribution is -0.0373. The van der Waals surface area contributed by atoms with Crippen molar-refractivity contribution in [3.8, 4) is 17.0 Å². The molecule has 1 aromatic carbocycles. The molecule has 5 rings (SSSR count). The van der Waals surface area contributed by atoms with Crippen LogP contribution in [0.1, 0.15) is 12.8 Å². The molecule has 28 heavy (non-hydrogen) atoms. The highest BCUT2D eigenvalue weighted by Crippen LogP contribution is 2.46. The van der Waals surface area contributed by atoms with Crippen molar-refractivity contribution in [1.82, 2.24) is 20.4 Å². The van der Waals surface area contributed by atoms with Gasteiger partial charge in [0.1, 0.15) is 5.75 Å². The number of para-hydroxylation sites is 1. The van der Waals surface area contributed by atoms with Crippen molar-refractivity contribution < 1.29 is 5.11 Å². The van der Waals surface area contributed by atoms with Gasteiger partial charge in [-0.25, -0.2) is 0 Å². The molecular weight excluding hydrogens is 352 g/mol. The second kappa shape index (κ2) is 6.90. The van der Waals surface area contributed by atoms with Crippen LogP contribution in [0, 0.1) is 5.41 Å². The number of hydrogen-bond acceptors (Lipinski definition) is 7. The van der Waals surface area contributed by atoms with E-state index >= 15 is 0 Å². The minimum atomic E-state index is 0.231. The first-order valence-corrected chi connectivity index (χ1v) is 10.2. The number of hydrogen-bond donors (Lipinski definition) is 3. The van der Waals surface area contributed by atoms with Gasteiger partial charge in [0.05, 0.1) is 11.4 Å². The smallest absolute Gasteiger partial charge is 0.172 e. The molecular formula is C21H28N6O. The second-order valence-corrected chi connectivity index (χ2v) is 8.42. The van der Waals surface area contributed by atoms with Crippen molar-refractivity contribution in [1.29, 1.82) is 0 Å². The normalized spacial score (nSPS) is 22.0. The van der Waals surface area contributed by atoms with Crippen LogP contribution in [0.5, 0.6) is 5.75 Å². The van der Waals surface area contributed by atoms with Crippen LogP contribution in [0.15, 0.2) is 30.3 Å². The average Bonchev–Trinajstić information content (AvgIpc) is 2.66. The van der Waals surface area contributed by atoms with Crippen LogP contribution in [0.25, 0.3) is 11.3 Å². The monoisotopic (exact) mass is 380 g/mol. The van der Waals surface area contributed by atoms with Gasteiger partial charge in [0.15, 0.2) is 5.82 Å². The van der Waals surface area contributed by atoms with Crippen LogP contribution in [0.3, 0.4) is 0 Å². The lowest BCUT2D eigenvalue weighted by atomic mass is 9.61. The molecule has 0 radical (unpaired) electrons. The van der Waals surface area contributed by atoms with Crippen LogP contribution < -0.4 is 15.5 Å². The molecule has 2 saturated heterocycles. The third-order valence-electron chi connectivity index (χ3n) is 6.70. The third kappa shape index (κ3) is 2.99. The summed E-state index contributed by atoms with van der Waals surface area (Å²) in [5.41, 5.74) is 3.10. The molecule has 1 spiro atoms. The van der Waals surface area contributed by atoms with E-state index in [0.29, 0.717) is 16.7 Å². The van der Waals surface area contributed by atoms with Crippen LogP contribution in [0.2, 0.25) is 0 Å². The summed E-state index contributed by atoms with van der Waals surface area (Å²) in [6.45, 7) is 6.58. The van der Waals surface area contributed by atoms with Gasteiger partial charge in [-0.2, -0.15) is 0 Å². The minimum Gasteiger partial charge on any atom is -0.507 e. The Labute approximate surface area is 165 Å². The molecule has 1 aromatic heterocycles. The lowest BCUT2D eigenvalue weighted by Crippen LogP contribution is -2.66. The molecule has 7 nitrogen and oxygen atoms in total. The SMILES string of the molecule is CNc1nnc(-c2ccccc2O)cc1N1CCN(C2CC3(CNC3)C2)CC1. The number of piperazine rings is 1. The van der Waals surface area contributed by atoms with E-state index in [1.807, 2.05) is 31.3 Å². The maximum atomic E-state index is 10.2. The summed E-state index contributed by atoms with van der Waals surface area (Å²) in [7, 11) is 1.88. The second-order valence-electron chi connectivity index (χ2n) is 8.42. The van der Waals surface area contributed by atoms with Crippen LogP contribution in [-0.4, -0.2) is 72.6 Å². The summed E-state index contributed by atoms with van der Waals surface area (Å²) in [6.07, 6.45) is 2.71. The highest BCUT2D eigenvalue weighted by atomic mass is 16.3. The quantitative estimate of drug-likeness (QED) is 0.746. The molecule has 7 heteroatoms. The number of phenolic OH excluding ortho intramolecular Hbond substituents is 1.